The molecule has 6 nitrogen and oxygen atoms in total. The molecule has 4 rings (SSSR count). The molecule has 0 aliphatic heterocycles. The Labute approximate surface area is 143 Å². The monoisotopic (exact) mass is 332 g/mol. The van der Waals surface area contributed by atoms with Gasteiger partial charge in [0.2, 0.25) is 0 Å². The highest BCUT2D eigenvalue weighted by Gasteiger charge is 2.17. The fourth-order valence-electron chi connectivity index (χ4n) is 2.90. The molecule has 6 heteroatoms. The fourth-order valence-corrected chi connectivity index (χ4v) is 2.90. The first-order valence-corrected chi connectivity index (χ1v) is 7.87. The number of rotatable bonds is 3. The molecule has 0 saturated heterocycles. The SMILES string of the molecule is COc1ccccc1-c1nn2c(C)nc(-c3ccccc3)c2c(=O)[nH]1. The minimum absolute atomic E-state index is 0.240. The van der Waals surface area contributed by atoms with Crippen LogP contribution >= 0.6 is 0 Å². The lowest BCUT2D eigenvalue weighted by atomic mass is 10.1. The highest BCUT2D eigenvalue weighted by molar-refractivity contribution is 5.77. The van der Waals surface area contributed by atoms with Crippen molar-refractivity contribution < 1.29 is 4.74 Å². The van der Waals surface area contributed by atoms with Crippen molar-refractivity contribution in [2.24, 2.45) is 0 Å². The van der Waals surface area contributed by atoms with E-state index in [2.05, 4.69) is 15.1 Å². The number of H-pyrrole nitrogens is 1. The summed E-state index contributed by atoms with van der Waals surface area (Å²) in [5, 5.41) is 4.58. The largest absolute Gasteiger partial charge is 0.496 e. The van der Waals surface area contributed by atoms with Crippen LogP contribution in [0.5, 0.6) is 5.75 Å². The maximum atomic E-state index is 12.8. The molecule has 0 unspecified atom stereocenters. The Balaban J connectivity index is 1.99. The molecule has 1 N–H and O–H groups in total. The number of nitrogens with one attached hydrogen (secondary N) is 1. The van der Waals surface area contributed by atoms with Crippen molar-refractivity contribution in [1.82, 2.24) is 19.6 Å². The number of aromatic nitrogens is 4. The van der Waals surface area contributed by atoms with E-state index in [9.17, 15) is 4.79 Å². The molecule has 0 amide bonds. The maximum absolute atomic E-state index is 12.8. The molecule has 124 valence electrons. The van der Waals surface area contributed by atoms with E-state index in [1.807, 2.05) is 61.5 Å². The lowest BCUT2D eigenvalue weighted by Gasteiger charge is -2.08. The zero-order valence-corrected chi connectivity index (χ0v) is 13.9. The second kappa shape index (κ2) is 5.90. The first-order valence-electron chi connectivity index (χ1n) is 7.87. The second-order valence-corrected chi connectivity index (χ2v) is 5.64. The quantitative estimate of drug-likeness (QED) is 0.626. The Morgan fingerprint density at radius 3 is 2.52 bits per heavy atom. The molecule has 2 heterocycles. The summed E-state index contributed by atoms with van der Waals surface area (Å²) in [6.07, 6.45) is 0. The molecule has 0 aliphatic carbocycles. The third kappa shape index (κ3) is 2.48. The molecule has 0 saturated carbocycles. The van der Waals surface area contributed by atoms with Crippen molar-refractivity contribution in [1.29, 1.82) is 0 Å². The summed E-state index contributed by atoms with van der Waals surface area (Å²) in [5.74, 6) is 1.73. The molecule has 0 bridgehead atoms. The van der Waals surface area contributed by atoms with Crippen molar-refractivity contribution in [3.05, 3.63) is 70.8 Å². The van der Waals surface area contributed by atoms with Gasteiger partial charge in [0.25, 0.3) is 5.56 Å². The van der Waals surface area contributed by atoms with Gasteiger partial charge in [-0.3, -0.25) is 4.79 Å². The first kappa shape index (κ1) is 15.1. The lowest BCUT2D eigenvalue weighted by Crippen LogP contribution is -2.15. The van der Waals surface area contributed by atoms with Gasteiger partial charge in [0.1, 0.15) is 17.3 Å². The predicted octanol–water partition coefficient (Wildman–Crippen LogP) is 3.07. The molecule has 0 spiro atoms. The van der Waals surface area contributed by atoms with E-state index < -0.39 is 0 Å². The number of methoxy groups -OCH3 is 1. The number of ether oxygens (including phenoxy) is 1. The van der Waals surface area contributed by atoms with Crippen molar-refractivity contribution in [2.75, 3.05) is 7.11 Å². The minimum atomic E-state index is -0.240. The smallest absolute Gasteiger partial charge is 0.277 e. The normalized spacial score (nSPS) is 11.0. The Bertz CT molecular complexity index is 1110. The molecule has 0 atom stereocenters. The van der Waals surface area contributed by atoms with E-state index in [0.717, 1.165) is 11.1 Å². The van der Waals surface area contributed by atoms with E-state index >= 15 is 0 Å². The van der Waals surface area contributed by atoms with Gasteiger partial charge in [0.05, 0.1) is 12.7 Å². The van der Waals surface area contributed by atoms with E-state index in [1.54, 1.807) is 11.6 Å². The van der Waals surface area contributed by atoms with E-state index in [4.69, 9.17) is 4.74 Å². The molecule has 4 aromatic rings. The number of benzene rings is 2. The van der Waals surface area contributed by atoms with Crippen LogP contribution in [0.15, 0.2) is 59.4 Å². The Morgan fingerprint density at radius 2 is 1.76 bits per heavy atom. The number of fused-ring (bicyclic) bond motifs is 1. The summed E-state index contributed by atoms with van der Waals surface area (Å²) in [6, 6.07) is 17.0. The Morgan fingerprint density at radius 1 is 1.04 bits per heavy atom. The highest BCUT2D eigenvalue weighted by Crippen LogP contribution is 2.27. The number of aryl methyl sites for hydroxylation is 1. The fraction of sp³-hybridized carbons (Fsp3) is 0.105. The van der Waals surface area contributed by atoms with Gasteiger partial charge in [-0.25, -0.2) is 9.50 Å². The van der Waals surface area contributed by atoms with Crippen molar-refractivity contribution in [2.45, 2.75) is 6.92 Å². The molecular weight excluding hydrogens is 316 g/mol. The van der Waals surface area contributed by atoms with Gasteiger partial charge in [0, 0.05) is 5.56 Å². The third-order valence-corrected chi connectivity index (χ3v) is 4.07. The van der Waals surface area contributed by atoms with E-state index in [1.165, 1.54) is 0 Å². The van der Waals surface area contributed by atoms with Crippen LogP contribution in [0, 0.1) is 6.92 Å². The average Bonchev–Trinajstić information content (AvgIpc) is 3.00. The van der Waals surface area contributed by atoms with E-state index in [-0.39, 0.29) is 5.56 Å². The molecule has 0 radical (unpaired) electrons. The summed E-state index contributed by atoms with van der Waals surface area (Å²) < 4.78 is 6.96. The van der Waals surface area contributed by atoms with Crippen LogP contribution in [-0.4, -0.2) is 26.7 Å². The maximum Gasteiger partial charge on any atom is 0.277 e. The van der Waals surface area contributed by atoms with Crippen LogP contribution in [-0.2, 0) is 0 Å². The molecule has 2 aromatic heterocycles. The molecule has 25 heavy (non-hydrogen) atoms. The summed E-state index contributed by atoms with van der Waals surface area (Å²) in [4.78, 5) is 20.2. The second-order valence-electron chi connectivity index (χ2n) is 5.64. The Kier molecular flexibility index (Phi) is 3.57. The highest BCUT2D eigenvalue weighted by atomic mass is 16.5. The minimum Gasteiger partial charge on any atom is -0.496 e. The topological polar surface area (TPSA) is 72.3 Å². The van der Waals surface area contributed by atoms with Crippen LogP contribution in [0.2, 0.25) is 0 Å². The van der Waals surface area contributed by atoms with Gasteiger partial charge in [-0.2, -0.15) is 0 Å². The third-order valence-electron chi connectivity index (χ3n) is 4.07. The van der Waals surface area contributed by atoms with Crippen molar-refractivity contribution in [3.63, 3.8) is 0 Å². The summed E-state index contributed by atoms with van der Waals surface area (Å²) in [6.45, 7) is 1.83. The average molecular weight is 332 g/mol. The number of hydrogen-bond donors (Lipinski definition) is 1. The number of hydrogen-bond acceptors (Lipinski definition) is 4. The van der Waals surface area contributed by atoms with Crippen LogP contribution in [0.25, 0.3) is 28.2 Å². The molecule has 0 fully saturated rings. The summed E-state index contributed by atoms with van der Waals surface area (Å²) in [5.41, 5.74) is 2.42. The lowest BCUT2D eigenvalue weighted by molar-refractivity contribution is 0.416. The summed E-state index contributed by atoms with van der Waals surface area (Å²) >= 11 is 0. The zero-order valence-electron chi connectivity index (χ0n) is 13.9. The van der Waals surface area contributed by atoms with Crippen LogP contribution in [0.1, 0.15) is 5.82 Å². The van der Waals surface area contributed by atoms with Gasteiger partial charge in [0.15, 0.2) is 11.3 Å². The van der Waals surface area contributed by atoms with Gasteiger partial charge in [-0.15, -0.1) is 5.10 Å². The summed E-state index contributed by atoms with van der Waals surface area (Å²) in [7, 11) is 1.59. The van der Waals surface area contributed by atoms with Gasteiger partial charge < -0.3 is 9.72 Å². The number of para-hydroxylation sites is 1. The Hall–Kier alpha value is -3.41. The number of nitrogens with zero attached hydrogens (tertiary/aromatic N) is 3. The first-order chi connectivity index (χ1) is 12.2. The van der Waals surface area contributed by atoms with Crippen molar-refractivity contribution >= 4 is 5.52 Å². The van der Waals surface area contributed by atoms with Gasteiger partial charge >= 0.3 is 0 Å². The van der Waals surface area contributed by atoms with E-state index in [0.29, 0.717) is 28.6 Å². The van der Waals surface area contributed by atoms with Crippen LogP contribution < -0.4 is 10.3 Å². The van der Waals surface area contributed by atoms with Gasteiger partial charge in [-0.1, -0.05) is 42.5 Å². The molecular formula is C19H16N4O2. The molecule has 0 aliphatic rings. The van der Waals surface area contributed by atoms with Gasteiger partial charge in [-0.05, 0) is 19.1 Å². The van der Waals surface area contributed by atoms with Crippen LogP contribution in [0.4, 0.5) is 0 Å². The number of imidazole rings is 1. The van der Waals surface area contributed by atoms with Crippen LogP contribution in [0.3, 0.4) is 0 Å². The van der Waals surface area contributed by atoms with Crippen molar-refractivity contribution in [3.8, 4) is 28.4 Å². The number of aromatic amines is 1. The molecule has 2 aromatic carbocycles. The standard InChI is InChI=1S/C19H16N4O2/c1-12-20-16(13-8-4-3-5-9-13)17-19(24)21-18(22-23(12)17)14-10-6-7-11-15(14)25-2/h3-11H,1-2H3,(H,21,22,24). The predicted molar refractivity (Wildman–Crippen MR) is 95.8 cm³/mol. The zero-order chi connectivity index (χ0) is 17.4.